The summed E-state index contributed by atoms with van der Waals surface area (Å²) in [7, 11) is 3.03. The summed E-state index contributed by atoms with van der Waals surface area (Å²) in [5.41, 5.74) is 5.13. The van der Waals surface area contributed by atoms with Crippen LogP contribution in [0.15, 0.2) is 4.99 Å². The number of hydrogen-bond acceptors (Lipinski definition) is 7. The molecule has 0 aliphatic heterocycles. The Morgan fingerprint density at radius 3 is 2.25 bits per heavy atom. The van der Waals surface area contributed by atoms with Crippen LogP contribution in [-0.4, -0.2) is 68.1 Å². The number of rotatable bonds is 10. The molecule has 24 heavy (non-hydrogen) atoms. The molecule has 0 fully saturated rings. The lowest BCUT2D eigenvalue weighted by Gasteiger charge is -2.09. The summed E-state index contributed by atoms with van der Waals surface area (Å²) in [4.78, 5) is 26.0. The summed E-state index contributed by atoms with van der Waals surface area (Å²) in [6.07, 6.45) is 0.794. The maximum atomic E-state index is 11.2. The van der Waals surface area contributed by atoms with Crippen molar-refractivity contribution in [2.45, 2.75) is 26.7 Å². The summed E-state index contributed by atoms with van der Waals surface area (Å²) >= 11 is -1.03. The van der Waals surface area contributed by atoms with Crippen LogP contribution >= 0.6 is 0 Å². The Balaban J connectivity index is 0. The molecule has 0 bridgehead atoms. The fraction of sp³-hybridized carbons (Fsp3) is 0.786. The van der Waals surface area contributed by atoms with Gasteiger partial charge in [0.25, 0.3) is 0 Å². The second kappa shape index (κ2) is 17.8. The van der Waals surface area contributed by atoms with Crippen molar-refractivity contribution in [3.63, 3.8) is 0 Å². The molecule has 0 saturated heterocycles. The van der Waals surface area contributed by atoms with Crippen molar-refractivity contribution in [1.29, 1.82) is 0 Å². The van der Waals surface area contributed by atoms with Gasteiger partial charge >= 0.3 is 0 Å². The summed E-state index contributed by atoms with van der Waals surface area (Å²) < 4.78 is 19.8. The molecule has 9 nitrogen and oxygen atoms in total. The Bertz CT molecular complexity index is 399. The number of aliphatic imine (C=N–C) groups is 1. The molecule has 0 spiro atoms. The van der Waals surface area contributed by atoms with Gasteiger partial charge in [0.05, 0.1) is 20.2 Å². The van der Waals surface area contributed by atoms with Gasteiger partial charge in [-0.3, -0.25) is 18.8 Å². The van der Waals surface area contributed by atoms with Crippen LogP contribution in [0.1, 0.15) is 26.7 Å². The molecular weight excluding hydrogens is 336 g/mol. The smallest absolute Gasteiger partial charge is 0.233 e. The van der Waals surface area contributed by atoms with Crippen LogP contribution in [0.4, 0.5) is 0 Å². The highest BCUT2D eigenvalue weighted by molar-refractivity contribution is 7.80. The number of carbonyl (C=O) groups is 2. The second-order valence-corrected chi connectivity index (χ2v) is 5.75. The van der Waals surface area contributed by atoms with Crippen molar-refractivity contribution in [3.05, 3.63) is 0 Å². The van der Waals surface area contributed by atoms with Gasteiger partial charge in [0.15, 0.2) is 17.0 Å². The van der Waals surface area contributed by atoms with Gasteiger partial charge in [-0.15, -0.1) is 0 Å². The van der Waals surface area contributed by atoms with E-state index in [-0.39, 0.29) is 18.4 Å². The molecule has 0 aliphatic rings. The fourth-order valence-electron chi connectivity index (χ4n) is 1.30. The van der Waals surface area contributed by atoms with Gasteiger partial charge in [-0.1, -0.05) is 6.92 Å². The normalized spacial score (nSPS) is 11.8. The summed E-state index contributed by atoms with van der Waals surface area (Å²) in [6, 6.07) is 0. The third-order valence-corrected chi connectivity index (χ3v) is 3.33. The Hall–Kier alpha value is -1.52. The van der Waals surface area contributed by atoms with E-state index in [0.29, 0.717) is 44.2 Å². The zero-order chi connectivity index (χ0) is 18.8. The highest BCUT2D eigenvalue weighted by Crippen LogP contribution is 1.95. The SMILES string of the molecule is CCNC(=O)CCC(=NC)OCCNC(=O)CN.CCS(=O)OC. The number of nitrogens with two attached hydrogens (primary N) is 1. The van der Waals surface area contributed by atoms with E-state index in [1.54, 1.807) is 14.0 Å². The molecule has 0 aromatic heterocycles. The number of carbonyl (C=O) groups excluding carboxylic acids is 2. The number of nitrogens with one attached hydrogen (secondary N) is 2. The molecule has 4 N–H and O–H groups in total. The van der Waals surface area contributed by atoms with E-state index < -0.39 is 11.1 Å². The Morgan fingerprint density at radius 1 is 1.17 bits per heavy atom. The highest BCUT2D eigenvalue weighted by Gasteiger charge is 2.05. The van der Waals surface area contributed by atoms with E-state index in [0.717, 1.165) is 0 Å². The maximum Gasteiger partial charge on any atom is 0.233 e. The maximum absolute atomic E-state index is 11.2. The lowest BCUT2D eigenvalue weighted by Crippen LogP contribution is -2.33. The second-order valence-electron chi connectivity index (χ2n) is 4.23. The minimum Gasteiger partial charge on any atom is -0.479 e. The monoisotopic (exact) mass is 366 g/mol. The molecule has 142 valence electrons. The van der Waals surface area contributed by atoms with E-state index in [1.165, 1.54) is 7.11 Å². The van der Waals surface area contributed by atoms with Gasteiger partial charge in [0.2, 0.25) is 11.8 Å². The molecule has 0 radical (unpaired) electrons. The van der Waals surface area contributed by atoms with Crippen molar-refractivity contribution in [1.82, 2.24) is 10.6 Å². The lowest BCUT2D eigenvalue weighted by atomic mass is 10.3. The number of ether oxygens (including phenoxy) is 1. The summed E-state index contributed by atoms with van der Waals surface area (Å²) in [5, 5.41) is 5.27. The molecule has 0 aliphatic carbocycles. The van der Waals surface area contributed by atoms with E-state index in [9.17, 15) is 13.8 Å². The van der Waals surface area contributed by atoms with E-state index in [1.807, 2.05) is 6.92 Å². The van der Waals surface area contributed by atoms with Gasteiger partial charge in [0, 0.05) is 32.2 Å². The predicted molar refractivity (Wildman–Crippen MR) is 95.0 cm³/mol. The zero-order valence-electron chi connectivity index (χ0n) is 14.9. The lowest BCUT2D eigenvalue weighted by molar-refractivity contribution is -0.121. The molecule has 10 heteroatoms. The van der Waals surface area contributed by atoms with Crippen LogP contribution in [0.3, 0.4) is 0 Å². The van der Waals surface area contributed by atoms with Gasteiger partial charge < -0.3 is 21.1 Å². The first-order valence-electron chi connectivity index (χ1n) is 7.69. The minimum atomic E-state index is -1.03. The van der Waals surface area contributed by atoms with Crippen molar-refractivity contribution >= 4 is 28.8 Å². The largest absolute Gasteiger partial charge is 0.479 e. The van der Waals surface area contributed by atoms with Crippen LogP contribution in [0.5, 0.6) is 0 Å². The Morgan fingerprint density at radius 2 is 1.83 bits per heavy atom. The molecule has 1 atom stereocenters. The van der Waals surface area contributed by atoms with Crippen LogP contribution in [-0.2, 0) is 29.6 Å². The fourth-order valence-corrected chi connectivity index (χ4v) is 1.54. The van der Waals surface area contributed by atoms with Crippen molar-refractivity contribution in [2.24, 2.45) is 10.7 Å². The molecule has 0 heterocycles. The molecule has 0 aromatic rings. The van der Waals surface area contributed by atoms with Crippen LogP contribution in [0.25, 0.3) is 0 Å². The van der Waals surface area contributed by atoms with Gasteiger partial charge in [-0.25, -0.2) is 4.21 Å². The molecule has 0 rings (SSSR count). The third-order valence-electron chi connectivity index (χ3n) is 2.49. The van der Waals surface area contributed by atoms with E-state index in [4.69, 9.17) is 10.5 Å². The molecule has 2 amide bonds. The Labute approximate surface area is 146 Å². The van der Waals surface area contributed by atoms with Crippen LogP contribution < -0.4 is 16.4 Å². The summed E-state index contributed by atoms with van der Waals surface area (Å²) in [6.45, 7) is 4.93. The first-order valence-corrected chi connectivity index (χ1v) is 8.94. The number of nitrogens with zero attached hydrogens (tertiary/aromatic N) is 1. The first kappa shape index (κ1) is 24.7. The standard InChI is InChI=1S/C11H22N4O3.C3H8O2S/c1-3-14-9(16)4-5-11(13-2)18-7-6-15-10(17)8-12;1-3-6(4)5-2/h3-8,12H2,1-2H3,(H,14,16)(H,15,17);3H2,1-2H3. The van der Waals surface area contributed by atoms with Crippen LogP contribution in [0.2, 0.25) is 0 Å². The van der Waals surface area contributed by atoms with Gasteiger partial charge in [-0.05, 0) is 6.92 Å². The minimum absolute atomic E-state index is 0.0290. The van der Waals surface area contributed by atoms with Crippen molar-refractivity contribution in [3.8, 4) is 0 Å². The molecule has 0 aromatic carbocycles. The highest BCUT2D eigenvalue weighted by atomic mass is 32.2. The van der Waals surface area contributed by atoms with Crippen LogP contribution in [0, 0.1) is 0 Å². The van der Waals surface area contributed by atoms with Crippen molar-refractivity contribution in [2.75, 3.05) is 46.2 Å². The van der Waals surface area contributed by atoms with E-state index in [2.05, 4.69) is 19.8 Å². The zero-order valence-corrected chi connectivity index (χ0v) is 15.7. The average Bonchev–Trinajstić information content (AvgIpc) is 2.60. The topological polar surface area (TPSA) is 132 Å². The van der Waals surface area contributed by atoms with Crippen molar-refractivity contribution < 1.29 is 22.7 Å². The molecule has 1 unspecified atom stereocenters. The van der Waals surface area contributed by atoms with Gasteiger partial charge in [0.1, 0.15) is 6.61 Å². The first-order chi connectivity index (χ1) is 11.4. The average molecular weight is 366 g/mol. The quantitative estimate of drug-likeness (QED) is 0.267. The molecular formula is C14H30N4O5S. The third kappa shape index (κ3) is 16.8. The van der Waals surface area contributed by atoms with Gasteiger partial charge in [-0.2, -0.15) is 0 Å². The summed E-state index contributed by atoms with van der Waals surface area (Å²) in [5.74, 6) is 0.828. The van der Waals surface area contributed by atoms with E-state index >= 15 is 0 Å². The predicted octanol–water partition coefficient (Wildman–Crippen LogP) is -0.661. The Kier molecular flexibility index (Phi) is 18.4. The number of hydrogen-bond donors (Lipinski definition) is 3. The molecule has 0 saturated carbocycles. The number of amides is 2.